The molecule has 0 N–H and O–H groups in total. The highest BCUT2D eigenvalue weighted by molar-refractivity contribution is 7.56. The second-order valence-electron chi connectivity index (χ2n) is 6.85. The first-order valence-electron chi connectivity index (χ1n) is 8.36. The van der Waals surface area contributed by atoms with Crippen molar-refractivity contribution < 1.29 is 18.1 Å². The first-order valence-corrected chi connectivity index (χ1v) is 9.82. The minimum Gasteiger partial charge on any atom is -0.156 e. The van der Waals surface area contributed by atoms with Crippen molar-refractivity contribution in [2.45, 2.75) is 46.5 Å². The number of benzene rings is 2. The van der Waals surface area contributed by atoms with E-state index in [1.165, 1.54) is 5.56 Å². The van der Waals surface area contributed by atoms with Crippen LogP contribution in [0.4, 0.5) is 0 Å². The molecule has 0 saturated carbocycles. The molecule has 0 fully saturated rings. The Labute approximate surface area is 151 Å². The number of rotatable bonds is 8. The molecule has 25 heavy (non-hydrogen) atoms. The van der Waals surface area contributed by atoms with Crippen LogP contribution in [-0.2, 0) is 31.3 Å². The topological polar surface area (TPSA) is 36.9 Å². The summed E-state index contributed by atoms with van der Waals surface area (Å²) in [6, 6.07) is 18.1. The highest BCUT2D eigenvalue weighted by atomic mass is 31.2. The molecule has 2 aromatic carbocycles. The Morgan fingerprint density at radius 1 is 0.840 bits per heavy atom. The van der Waals surface area contributed by atoms with Gasteiger partial charge in [0, 0.05) is 0 Å². The lowest BCUT2D eigenvalue weighted by Gasteiger charge is -2.25. The normalized spacial score (nSPS) is 14.3. The molecule has 0 aromatic heterocycles. The van der Waals surface area contributed by atoms with Crippen LogP contribution in [-0.4, -0.2) is 12.7 Å². The molecule has 0 aliphatic heterocycles. The van der Waals surface area contributed by atoms with E-state index in [0.717, 1.165) is 11.1 Å². The molecule has 2 rings (SSSR count). The van der Waals surface area contributed by atoms with E-state index >= 15 is 0 Å². The van der Waals surface area contributed by atoms with Gasteiger partial charge in [0.15, 0.2) is 0 Å². The molecule has 0 bridgehead atoms. The Kier molecular flexibility index (Phi) is 7.12. The monoisotopic (exact) mass is 363 g/mol. The second-order valence-corrected chi connectivity index (χ2v) is 8.81. The van der Waals surface area contributed by atoms with Gasteiger partial charge in [0.2, 0.25) is 0 Å². The predicted octanol–water partition coefficient (Wildman–Crippen LogP) is 5.87. The van der Waals surface area contributed by atoms with Crippen molar-refractivity contribution in [1.29, 1.82) is 0 Å². The number of hydrogen-bond acceptors (Lipinski definition) is 4. The average Bonchev–Trinajstić information content (AvgIpc) is 2.57. The molecule has 5 heteroatoms. The van der Waals surface area contributed by atoms with Crippen molar-refractivity contribution in [3.05, 3.63) is 71.3 Å². The second kappa shape index (κ2) is 8.88. The fraction of sp³-hybridized carbons (Fsp3) is 0.400. The maximum absolute atomic E-state index is 6.09. The van der Waals surface area contributed by atoms with Crippen LogP contribution in [0.2, 0.25) is 0 Å². The smallest absolute Gasteiger partial charge is 0.156 e. The third-order valence-corrected chi connectivity index (χ3v) is 5.42. The molecule has 1 atom stereocenters. The Bertz CT molecular complexity index is 654. The quantitative estimate of drug-likeness (QED) is 0.550. The standard InChI is InChI=1S/C20H28O4P/c1-17-10-9-13-19(14-17)16-23-25(21-5,24-20(2,3)4)22-15-18-11-7-6-8-12-18/h6-14H,15-16H2,1-5H3/q+1. The largest absolute Gasteiger partial charge is 0.576 e. The van der Waals surface area contributed by atoms with Gasteiger partial charge in [-0.05, 0) is 38.8 Å². The van der Waals surface area contributed by atoms with E-state index in [2.05, 4.69) is 19.1 Å². The van der Waals surface area contributed by atoms with Crippen LogP contribution in [0.5, 0.6) is 0 Å². The predicted molar refractivity (Wildman–Crippen MR) is 102 cm³/mol. The third kappa shape index (κ3) is 6.85. The van der Waals surface area contributed by atoms with Crippen LogP contribution in [0.1, 0.15) is 37.5 Å². The van der Waals surface area contributed by atoms with Gasteiger partial charge < -0.3 is 0 Å². The Morgan fingerprint density at radius 3 is 2.00 bits per heavy atom. The summed E-state index contributed by atoms with van der Waals surface area (Å²) < 4.78 is 23.8. The lowest BCUT2D eigenvalue weighted by Crippen LogP contribution is -2.23. The molecule has 0 aliphatic carbocycles. The third-order valence-electron chi connectivity index (χ3n) is 3.31. The van der Waals surface area contributed by atoms with Crippen molar-refractivity contribution in [3.63, 3.8) is 0 Å². The van der Waals surface area contributed by atoms with Crippen molar-refractivity contribution in [2.24, 2.45) is 0 Å². The molecule has 4 nitrogen and oxygen atoms in total. The number of aryl methyl sites for hydroxylation is 1. The van der Waals surface area contributed by atoms with Crippen molar-refractivity contribution >= 4 is 8.17 Å². The fourth-order valence-corrected chi connectivity index (χ4v) is 4.00. The Morgan fingerprint density at radius 2 is 1.44 bits per heavy atom. The molecule has 0 radical (unpaired) electrons. The molecular weight excluding hydrogens is 335 g/mol. The van der Waals surface area contributed by atoms with Gasteiger partial charge in [0.1, 0.15) is 18.8 Å². The molecule has 1 unspecified atom stereocenters. The Balaban J connectivity index is 2.12. The van der Waals surface area contributed by atoms with Gasteiger partial charge in [-0.25, -0.2) is 0 Å². The highest BCUT2D eigenvalue weighted by Crippen LogP contribution is 2.65. The zero-order chi connectivity index (χ0) is 18.3. The number of hydrogen-bond donors (Lipinski definition) is 0. The van der Waals surface area contributed by atoms with E-state index in [0.29, 0.717) is 13.2 Å². The van der Waals surface area contributed by atoms with Crippen LogP contribution in [0.25, 0.3) is 0 Å². The van der Waals surface area contributed by atoms with Crippen LogP contribution in [0.3, 0.4) is 0 Å². The summed E-state index contributed by atoms with van der Waals surface area (Å²) in [5.41, 5.74) is 2.83. The van der Waals surface area contributed by atoms with Crippen LogP contribution < -0.4 is 0 Å². The minimum atomic E-state index is -2.94. The molecule has 0 spiro atoms. The van der Waals surface area contributed by atoms with Crippen molar-refractivity contribution in [1.82, 2.24) is 0 Å². The van der Waals surface area contributed by atoms with Gasteiger partial charge in [-0.3, -0.25) is 0 Å². The SMILES string of the molecule is CO[P+](OCc1ccccc1)(OCc1cccc(C)c1)OC(C)(C)C. The zero-order valence-corrected chi connectivity index (χ0v) is 16.6. The van der Waals surface area contributed by atoms with Crippen LogP contribution in [0, 0.1) is 6.92 Å². The first kappa shape index (κ1) is 20.0. The van der Waals surface area contributed by atoms with Gasteiger partial charge in [-0.2, -0.15) is 4.52 Å². The maximum Gasteiger partial charge on any atom is 0.576 e. The summed E-state index contributed by atoms with van der Waals surface area (Å²) in [7, 11) is -1.37. The maximum atomic E-state index is 6.09. The van der Waals surface area contributed by atoms with E-state index in [9.17, 15) is 0 Å². The lowest BCUT2D eigenvalue weighted by molar-refractivity contribution is 0.00250. The highest BCUT2D eigenvalue weighted by Gasteiger charge is 2.52. The van der Waals surface area contributed by atoms with Crippen LogP contribution >= 0.6 is 8.17 Å². The summed E-state index contributed by atoms with van der Waals surface area (Å²) in [5.74, 6) is 0. The van der Waals surface area contributed by atoms with Crippen molar-refractivity contribution in [2.75, 3.05) is 7.11 Å². The van der Waals surface area contributed by atoms with E-state index in [-0.39, 0.29) is 0 Å². The van der Waals surface area contributed by atoms with Gasteiger partial charge in [-0.1, -0.05) is 60.2 Å². The summed E-state index contributed by atoms with van der Waals surface area (Å²) in [6.07, 6.45) is 0. The van der Waals surface area contributed by atoms with E-state index in [1.54, 1.807) is 7.11 Å². The molecule has 2 aromatic rings. The van der Waals surface area contributed by atoms with Gasteiger partial charge in [0.05, 0.1) is 7.11 Å². The summed E-state index contributed by atoms with van der Waals surface area (Å²) in [4.78, 5) is 0. The molecule has 136 valence electrons. The van der Waals surface area contributed by atoms with Gasteiger partial charge in [-0.15, -0.1) is 13.6 Å². The summed E-state index contributed by atoms with van der Waals surface area (Å²) >= 11 is 0. The molecule has 0 heterocycles. The lowest BCUT2D eigenvalue weighted by atomic mass is 10.1. The minimum absolute atomic E-state index is 0.367. The molecule has 0 amide bonds. The van der Waals surface area contributed by atoms with Gasteiger partial charge >= 0.3 is 8.17 Å². The van der Waals surface area contributed by atoms with Gasteiger partial charge in [0.25, 0.3) is 0 Å². The molecule has 0 aliphatic rings. The Hall–Kier alpha value is -1.29. The van der Waals surface area contributed by atoms with E-state index < -0.39 is 13.8 Å². The van der Waals surface area contributed by atoms with Crippen LogP contribution in [0.15, 0.2) is 54.6 Å². The van der Waals surface area contributed by atoms with E-state index in [4.69, 9.17) is 18.1 Å². The molecular formula is C20H28O4P+. The zero-order valence-electron chi connectivity index (χ0n) is 15.7. The fourth-order valence-electron chi connectivity index (χ4n) is 2.25. The first-order chi connectivity index (χ1) is 11.8. The van der Waals surface area contributed by atoms with Crippen molar-refractivity contribution in [3.8, 4) is 0 Å². The molecule has 0 saturated heterocycles. The van der Waals surface area contributed by atoms with E-state index in [1.807, 2.05) is 63.2 Å². The summed E-state index contributed by atoms with van der Waals surface area (Å²) in [5, 5.41) is 0. The average molecular weight is 363 g/mol. The summed E-state index contributed by atoms with van der Waals surface area (Å²) in [6.45, 7) is 8.67.